The van der Waals surface area contributed by atoms with Crippen LogP contribution in [0.1, 0.15) is 12.5 Å². The third kappa shape index (κ3) is 3.35. The van der Waals surface area contributed by atoms with E-state index in [0.717, 1.165) is 15.6 Å². The van der Waals surface area contributed by atoms with E-state index in [9.17, 15) is 4.79 Å². The summed E-state index contributed by atoms with van der Waals surface area (Å²) >= 11 is 4.95. The molecule has 0 atom stereocenters. The van der Waals surface area contributed by atoms with Gasteiger partial charge in [0.25, 0.3) is 0 Å². The largest absolute Gasteiger partial charge is 0.295 e. The van der Waals surface area contributed by atoms with Crippen LogP contribution in [0.25, 0.3) is 5.57 Å². The van der Waals surface area contributed by atoms with Gasteiger partial charge in [0.1, 0.15) is 0 Å². The van der Waals surface area contributed by atoms with E-state index < -0.39 is 0 Å². The van der Waals surface area contributed by atoms with Gasteiger partial charge < -0.3 is 0 Å². The molecule has 0 aromatic heterocycles. The Hall–Kier alpha value is -0.800. The molecule has 0 amide bonds. The van der Waals surface area contributed by atoms with Crippen LogP contribution in [0.3, 0.4) is 0 Å². The van der Waals surface area contributed by atoms with E-state index in [2.05, 4.69) is 22.5 Å². The molecule has 3 heteroatoms. The lowest BCUT2D eigenvalue weighted by atomic mass is 9.98. The smallest absolute Gasteiger partial charge is 0.159 e. The van der Waals surface area contributed by atoms with Gasteiger partial charge in [0.15, 0.2) is 5.78 Å². The van der Waals surface area contributed by atoms with E-state index in [1.807, 2.05) is 35.9 Å². The minimum absolute atomic E-state index is 0.00298. The molecule has 84 valence electrons. The summed E-state index contributed by atoms with van der Waals surface area (Å²) in [6, 6.07) is 7.86. The monoisotopic (exact) mass is 296 g/mol. The predicted octanol–water partition coefficient (Wildman–Crippen LogP) is 4.30. The van der Waals surface area contributed by atoms with E-state index in [4.69, 9.17) is 0 Å². The number of carbonyl (C=O) groups is 1. The number of Topliss-reactive ketones (excluding diaryl/α,β-unsaturated/α-hetero) is 1. The second-order valence-electron chi connectivity index (χ2n) is 3.31. The standard InChI is InChI=1S/C13H13BrOS/c1-9(10(2)15)13(8-16-3)11-4-6-12(14)7-5-11/h4-8H,1H2,2-3H3/b13-8+. The molecule has 0 radical (unpaired) electrons. The lowest BCUT2D eigenvalue weighted by Crippen LogP contribution is -1.98. The molecule has 0 saturated heterocycles. The number of allylic oxidation sites excluding steroid dienone is 2. The van der Waals surface area contributed by atoms with Crippen molar-refractivity contribution < 1.29 is 4.79 Å². The van der Waals surface area contributed by atoms with Crippen LogP contribution in [0.4, 0.5) is 0 Å². The minimum atomic E-state index is 0.00298. The van der Waals surface area contributed by atoms with Crippen LogP contribution in [0.2, 0.25) is 0 Å². The Bertz CT molecular complexity index is 432. The molecular weight excluding hydrogens is 284 g/mol. The number of ketones is 1. The minimum Gasteiger partial charge on any atom is -0.295 e. The summed E-state index contributed by atoms with van der Waals surface area (Å²) in [6.07, 6.45) is 1.96. The topological polar surface area (TPSA) is 17.1 Å². The maximum Gasteiger partial charge on any atom is 0.159 e. The molecule has 0 saturated carbocycles. The Morgan fingerprint density at radius 1 is 1.38 bits per heavy atom. The Morgan fingerprint density at radius 3 is 2.38 bits per heavy atom. The van der Waals surface area contributed by atoms with Crippen LogP contribution in [-0.4, -0.2) is 12.0 Å². The first-order valence-corrected chi connectivity index (χ1v) is 6.83. The normalized spacial score (nSPS) is 11.3. The van der Waals surface area contributed by atoms with Crippen molar-refractivity contribution >= 4 is 39.0 Å². The number of hydrogen-bond acceptors (Lipinski definition) is 2. The maximum atomic E-state index is 11.3. The predicted molar refractivity (Wildman–Crippen MR) is 75.5 cm³/mol. The van der Waals surface area contributed by atoms with Crippen molar-refractivity contribution in [3.63, 3.8) is 0 Å². The zero-order chi connectivity index (χ0) is 12.1. The molecule has 1 rings (SSSR count). The van der Waals surface area contributed by atoms with Gasteiger partial charge in [0.2, 0.25) is 0 Å². The van der Waals surface area contributed by atoms with Gasteiger partial charge in [-0.15, -0.1) is 11.8 Å². The van der Waals surface area contributed by atoms with Gasteiger partial charge in [-0.1, -0.05) is 34.6 Å². The van der Waals surface area contributed by atoms with Crippen LogP contribution < -0.4 is 0 Å². The molecule has 0 aliphatic heterocycles. The Kier molecular flexibility index (Phi) is 5.03. The summed E-state index contributed by atoms with van der Waals surface area (Å²) in [4.78, 5) is 11.3. The van der Waals surface area contributed by atoms with Gasteiger partial charge in [0, 0.05) is 10.0 Å². The summed E-state index contributed by atoms with van der Waals surface area (Å²) < 4.78 is 1.02. The molecule has 0 unspecified atom stereocenters. The second-order valence-corrected chi connectivity index (χ2v) is 4.93. The molecule has 0 heterocycles. The van der Waals surface area contributed by atoms with Crippen molar-refractivity contribution in [1.82, 2.24) is 0 Å². The van der Waals surface area contributed by atoms with Crippen molar-refractivity contribution in [2.75, 3.05) is 6.26 Å². The molecule has 1 nitrogen and oxygen atoms in total. The molecule has 0 fully saturated rings. The van der Waals surface area contributed by atoms with Crippen molar-refractivity contribution in [2.24, 2.45) is 0 Å². The maximum absolute atomic E-state index is 11.3. The van der Waals surface area contributed by atoms with E-state index in [1.54, 1.807) is 11.8 Å². The quantitative estimate of drug-likeness (QED) is 0.609. The summed E-state index contributed by atoms with van der Waals surface area (Å²) in [6.45, 7) is 5.37. The molecule has 0 aliphatic rings. The van der Waals surface area contributed by atoms with Crippen molar-refractivity contribution in [2.45, 2.75) is 6.92 Å². The summed E-state index contributed by atoms with van der Waals surface area (Å²) in [5, 5.41) is 1.95. The van der Waals surface area contributed by atoms with Gasteiger partial charge in [-0.2, -0.15) is 0 Å². The number of thioether (sulfide) groups is 1. The van der Waals surface area contributed by atoms with E-state index >= 15 is 0 Å². The average Bonchev–Trinajstić information content (AvgIpc) is 2.26. The van der Waals surface area contributed by atoms with Crippen molar-refractivity contribution in [3.8, 4) is 0 Å². The SMILES string of the molecule is C=C(C(C)=O)/C(=C\SC)c1ccc(Br)cc1. The first kappa shape index (κ1) is 13.3. The number of hydrogen-bond donors (Lipinski definition) is 0. The molecule has 1 aromatic carbocycles. The van der Waals surface area contributed by atoms with Crippen LogP contribution in [0.15, 0.2) is 46.3 Å². The zero-order valence-electron chi connectivity index (χ0n) is 9.29. The lowest BCUT2D eigenvalue weighted by Gasteiger charge is -2.08. The van der Waals surface area contributed by atoms with E-state index in [0.29, 0.717) is 5.57 Å². The lowest BCUT2D eigenvalue weighted by molar-refractivity contribution is -0.113. The highest BCUT2D eigenvalue weighted by Gasteiger charge is 2.09. The number of benzene rings is 1. The Balaban J connectivity index is 3.13. The highest BCUT2D eigenvalue weighted by atomic mass is 79.9. The fourth-order valence-corrected chi connectivity index (χ4v) is 2.03. The third-order valence-electron chi connectivity index (χ3n) is 2.14. The fraction of sp³-hybridized carbons (Fsp3) is 0.154. The number of carbonyl (C=O) groups excluding carboxylic acids is 1. The summed E-state index contributed by atoms with van der Waals surface area (Å²) in [5.41, 5.74) is 2.46. The van der Waals surface area contributed by atoms with Gasteiger partial charge in [0.05, 0.1) is 0 Å². The highest BCUT2D eigenvalue weighted by molar-refractivity contribution is 9.10. The van der Waals surface area contributed by atoms with Crippen LogP contribution >= 0.6 is 27.7 Å². The summed E-state index contributed by atoms with van der Waals surface area (Å²) in [7, 11) is 0. The summed E-state index contributed by atoms with van der Waals surface area (Å²) in [5.74, 6) is 0.00298. The third-order valence-corrected chi connectivity index (χ3v) is 3.14. The second kappa shape index (κ2) is 6.06. The molecule has 1 aromatic rings. The highest BCUT2D eigenvalue weighted by Crippen LogP contribution is 2.26. The van der Waals surface area contributed by atoms with Gasteiger partial charge in [-0.05, 0) is 41.9 Å². The van der Waals surface area contributed by atoms with E-state index in [1.165, 1.54) is 6.92 Å². The fourth-order valence-electron chi connectivity index (χ4n) is 1.25. The molecule has 16 heavy (non-hydrogen) atoms. The molecule has 0 aliphatic carbocycles. The van der Waals surface area contributed by atoms with Crippen LogP contribution in [0.5, 0.6) is 0 Å². The van der Waals surface area contributed by atoms with Gasteiger partial charge in [-0.3, -0.25) is 4.79 Å². The molecule has 0 bridgehead atoms. The molecule has 0 spiro atoms. The van der Waals surface area contributed by atoms with Crippen molar-refractivity contribution in [3.05, 3.63) is 51.9 Å². The first-order chi connectivity index (χ1) is 7.56. The number of rotatable bonds is 4. The Morgan fingerprint density at radius 2 is 1.94 bits per heavy atom. The van der Waals surface area contributed by atoms with Gasteiger partial charge in [-0.25, -0.2) is 0 Å². The van der Waals surface area contributed by atoms with Crippen LogP contribution in [-0.2, 0) is 4.79 Å². The molecular formula is C13H13BrOS. The molecule has 0 N–H and O–H groups in total. The average molecular weight is 297 g/mol. The van der Waals surface area contributed by atoms with Crippen molar-refractivity contribution in [1.29, 1.82) is 0 Å². The van der Waals surface area contributed by atoms with Gasteiger partial charge >= 0.3 is 0 Å². The van der Waals surface area contributed by atoms with E-state index in [-0.39, 0.29) is 5.78 Å². The Labute approximate surface area is 109 Å². The first-order valence-electron chi connectivity index (χ1n) is 4.75. The van der Waals surface area contributed by atoms with Crippen LogP contribution in [0, 0.1) is 0 Å². The zero-order valence-corrected chi connectivity index (χ0v) is 11.7. The number of halogens is 1.